The first kappa shape index (κ1) is 20.1. The molecule has 1 rings (SSSR count). The van der Waals surface area contributed by atoms with Crippen molar-refractivity contribution in [2.24, 2.45) is 5.92 Å². The summed E-state index contributed by atoms with van der Waals surface area (Å²) in [6.45, 7) is 4.98. The minimum Gasteiger partial charge on any atom is -0.356 e. The number of benzene rings is 1. The second kappa shape index (κ2) is 10.7. The summed E-state index contributed by atoms with van der Waals surface area (Å²) in [6, 6.07) is 2.76. The second-order valence-corrected chi connectivity index (χ2v) is 5.85. The Morgan fingerprint density at radius 2 is 1.92 bits per heavy atom. The summed E-state index contributed by atoms with van der Waals surface area (Å²) in [6.07, 6.45) is 4.51. The molecule has 4 nitrogen and oxygen atoms in total. The van der Waals surface area contributed by atoms with Gasteiger partial charge in [0.05, 0.1) is 5.56 Å². The number of hydrogen-bond donors (Lipinski definition) is 2. The first-order chi connectivity index (χ1) is 11.5. The van der Waals surface area contributed by atoms with Crippen LogP contribution < -0.4 is 10.6 Å². The van der Waals surface area contributed by atoms with Gasteiger partial charge in [0.25, 0.3) is 5.91 Å². The van der Waals surface area contributed by atoms with Crippen LogP contribution in [-0.2, 0) is 4.79 Å². The van der Waals surface area contributed by atoms with Crippen LogP contribution in [0.2, 0.25) is 0 Å². The van der Waals surface area contributed by atoms with Crippen LogP contribution in [0.3, 0.4) is 0 Å². The monoisotopic (exact) mass is 340 g/mol. The van der Waals surface area contributed by atoms with E-state index in [2.05, 4.69) is 24.5 Å². The molecule has 0 heterocycles. The Morgan fingerprint density at radius 3 is 2.54 bits per heavy atom. The molecule has 0 saturated heterocycles. The van der Waals surface area contributed by atoms with E-state index >= 15 is 0 Å². The van der Waals surface area contributed by atoms with Crippen molar-refractivity contribution in [3.05, 3.63) is 35.4 Å². The van der Waals surface area contributed by atoms with Crippen LogP contribution >= 0.6 is 0 Å². The summed E-state index contributed by atoms with van der Waals surface area (Å²) in [5.74, 6) is -1.99. The molecule has 1 aromatic rings. The van der Waals surface area contributed by atoms with Crippen LogP contribution in [0.5, 0.6) is 0 Å². The van der Waals surface area contributed by atoms with E-state index in [0.29, 0.717) is 18.5 Å². The Labute approximate surface area is 142 Å². The Balaban J connectivity index is 2.30. The maximum absolute atomic E-state index is 13.5. The summed E-state index contributed by atoms with van der Waals surface area (Å²) >= 11 is 0. The van der Waals surface area contributed by atoms with Crippen molar-refractivity contribution < 1.29 is 18.4 Å². The molecule has 0 bridgehead atoms. The van der Waals surface area contributed by atoms with Crippen molar-refractivity contribution in [3.8, 4) is 0 Å². The van der Waals surface area contributed by atoms with E-state index in [1.54, 1.807) is 0 Å². The zero-order chi connectivity index (χ0) is 17.9. The fourth-order valence-electron chi connectivity index (χ4n) is 2.35. The molecule has 0 aromatic heterocycles. The van der Waals surface area contributed by atoms with Crippen molar-refractivity contribution in [1.82, 2.24) is 10.6 Å². The number of carbonyl (C=O) groups excluding carboxylic acids is 2. The van der Waals surface area contributed by atoms with Gasteiger partial charge in [-0.25, -0.2) is 8.78 Å². The number of halogens is 2. The molecule has 0 fully saturated rings. The van der Waals surface area contributed by atoms with Gasteiger partial charge in [-0.05, 0) is 24.5 Å². The van der Waals surface area contributed by atoms with Gasteiger partial charge in [-0.3, -0.25) is 9.59 Å². The van der Waals surface area contributed by atoms with E-state index in [9.17, 15) is 18.4 Å². The van der Waals surface area contributed by atoms with Crippen molar-refractivity contribution in [3.63, 3.8) is 0 Å². The van der Waals surface area contributed by atoms with Gasteiger partial charge in [-0.15, -0.1) is 0 Å². The first-order valence-corrected chi connectivity index (χ1v) is 8.47. The van der Waals surface area contributed by atoms with Crippen molar-refractivity contribution in [1.29, 1.82) is 0 Å². The van der Waals surface area contributed by atoms with Crippen LogP contribution in [0.25, 0.3) is 0 Å². The molecule has 0 aliphatic rings. The van der Waals surface area contributed by atoms with Gasteiger partial charge in [0, 0.05) is 25.6 Å². The minimum atomic E-state index is -0.918. The van der Waals surface area contributed by atoms with Crippen molar-refractivity contribution in [2.75, 3.05) is 13.1 Å². The molecule has 24 heavy (non-hydrogen) atoms. The largest absolute Gasteiger partial charge is 0.356 e. The molecule has 0 aliphatic heterocycles. The molecule has 6 heteroatoms. The predicted molar refractivity (Wildman–Crippen MR) is 89.6 cm³/mol. The van der Waals surface area contributed by atoms with Crippen LogP contribution in [-0.4, -0.2) is 24.9 Å². The van der Waals surface area contributed by atoms with Crippen LogP contribution in [0.15, 0.2) is 18.2 Å². The quantitative estimate of drug-likeness (QED) is 0.686. The summed E-state index contributed by atoms with van der Waals surface area (Å²) in [5.41, 5.74) is -0.234. The van der Waals surface area contributed by atoms with Gasteiger partial charge in [0.1, 0.15) is 11.6 Å². The number of nitrogens with one attached hydrogen (secondary N) is 2. The lowest BCUT2D eigenvalue weighted by atomic mass is 9.99. The highest BCUT2D eigenvalue weighted by Crippen LogP contribution is 2.11. The van der Waals surface area contributed by atoms with Gasteiger partial charge in [-0.2, -0.15) is 0 Å². The number of amides is 2. The van der Waals surface area contributed by atoms with Crippen molar-refractivity contribution in [2.45, 2.75) is 46.0 Å². The normalized spacial score (nSPS) is 11.8. The lowest BCUT2D eigenvalue weighted by Crippen LogP contribution is -2.33. The molecule has 1 atom stereocenters. The summed E-state index contributed by atoms with van der Waals surface area (Å²) in [5, 5.41) is 5.32. The van der Waals surface area contributed by atoms with Crippen LogP contribution in [0.4, 0.5) is 8.78 Å². The smallest absolute Gasteiger partial charge is 0.254 e. The zero-order valence-electron chi connectivity index (χ0n) is 14.3. The highest BCUT2D eigenvalue weighted by atomic mass is 19.1. The van der Waals surface area contributed by atoms with E-state index in [0.717, 1.165) is 37.8 Å². The Morgan fingerprint density at radius 1 is 1.17 bits per heavy atom. The molecular weight excluding hydrogens is 314 g/mol. The third kappa shape index (κ3) is 7.06. The third-order valence-corrected chi connectivity index (χ3v) is 3.94. The van der Waals surface area contributed by atoms with Crippen LogP contribution in [0.1, 0.15) is 56.3 Å². The molecule has 0 aliphatic carbocycles. The predicted octanol–water partition coefficient (Wildman–Crippen LogP) is 3.42. The molecule has 1 unspecified atom stereocenters. The molecule has 2 N–H and O–H groups in total. The van der Waals surface area contributed by atoms with E-state index in [-0.39, 0.29) is 24.4 Å². The van der Waals surface area contributed by atoms with Crippen molar-refractivity contribution >= 4 is 11.8 Å². The zero-order valence-corrected chi connectivity index (χ0v) is 14.3. The fraction of sp³-hybridized carbons (Fsp3) is 0.556. The topological polar surface area (TPSA) is 58.2 Å². The van der Waals surface area contributed by atoms with E-state index < -0.39 is 17.5 Å². The first-order valence-electron chi connectivity index (χ1n) is 8.47. The summed E-state index contributed by atoms with van der Waals surface area (Å²) in [7, 11) is 0. The van der Waals surface area contributed by atoms with Gasteiger partial charge in [0.15, 0.2) is 0 Å². The number of hydrogen-bond acceptors (Lipinski definition) is 2. The number of carbonyl (C=O) groups is 2. The molecular formula is C18H26F2N2O2. The highest BCUT2D eigenvalue weighted by Gasteiger charge is 2.13. The third-order valence-electron chi connectivity index (χ3n) is 3.94. The van der Waals surface area contributed by atoms with E-state index in [1.807, 2.05) is 0 Å². The Hall–Kier alpha value is -1.98. The van der Waals surface area contributed by atoms with Gasteiger partial charge < -0.3 is 10.6 Å². The number of unbranched alkanes of at least 4 members (excludes halogenated alkanes) is 1. The maximum atomic E-state index is 13.5. The Bertz CT molecular complexity index is 550. The Kier molecular flexibility index (Phi) is 8.97. The molecule has 0 saturated carbocycles. The maximum Gasteiger partial charge on any atom is 0.254 e. The second-order valence-electron chi connectivity index (χ2n) is 5.85. The minimum absolute atomic E-state index is 0.104. The molecule has 0 spiro atoms. The fourth-order valence-corrected chi connectivity index (χ4v) is 2.35. The molecule has 134 valence electrons. The standard InChI is InChI=1S/C18H26F2N2O2/c1-3-5-6-13(4-2)12-22-17(23)9-10-21-18(24)15-8-7-14(19)11-16(15)20/h7-8,11,13H,3-6,9-10,12H2,1-2H3,(H,21,24)(H,22,23). The molecule has 0 radical (unpaired) electrons. The summed E-state index contributed by atoms with van der Waals surface area (Å²) < 4.78 is 26.3. The van der Waals surface area contributed by atoms with Gasteiger partial charge in [-0.1, -0.05) is 33.1 Å². The average molecular weight is 340 g/mol. The highest BCUT2D eigenvalue weighted by molar-refractivity contribution is 5.94. The van der Waals surface area contributed by atoms with E-state index in [1.165, 1.54) is 0 Å². The lowest BCUT2D eigenvalue weighted by Gasteiger charge is -2.15. The van der Waals surface area contributed by atoms with Gasteiger partial charge >= 0.3 is 0 Å². The number of rotatable bonds is 10. The van der Waals surface area contributed by atoms with Gasteiger partial charge in [0.2, 0.25) is 5.91 Å². The molecule has 2 amide bonds. The molecule has 1 aromatic carbocycles. The summed E-state index contributed by atoms with van der Waals surface area (Å²) in [4.78, 5) is 23.6. The van der Waals surface area contributed by atoms with Crippen LogP contribution in [0, 0.1) is 17.6 Å². The SMILES string of the molecule is CCCCC(CC)CNC(=O)CCNC(=O)c1ccc(F)cc1F. The van der Waals surface area contributed by atoms with E-state index in [4.69, 9.17) is 0 Å². The average Bonchev–Trinajstić information content (AvgIpc) is 2.54. The lowest BCUT2D eigenvalue weighted by molar-refractivity contribution is -0.121.